The predicted molar refractivity (Wildman–Crippen MR) is 127 cm³/mol. The standard InChI is InChI=1S/C21H16N4O2S4/c26-19(13-30-20-23-24(21(28)31-20)14-6-2-1-3-7-14)25-16(17-8-4-10-27-17)12-15(22-25)18-9-5-11-29-18/h1-11,16H,12-13H2. The number of hydrogen-bond donors (Lipinski definition) is 0. The van der Waals surface area contributed by atoms with E-state index < -0.39 is 0 Å². The van der Waals surface area contributed by atoms with Crippen LogP contribution in [0.3, 0.4) is 0 Å². The minimum atomic E-state index is -0.236. The molecular weight excluding hydrogens is 469 g/mol. The number of thiophene rings is 1. The van der Waals surface area contributed by atoms with Crippen LogP contribution in [0.25, 0.3) is 5.69 Å². The summed E-state index contributed by atoms with van der Waals surface area (Å²) >= 11 is 9.84. The van der Waals surface area contributed by atoms with Crippen LogP contribution in [0.4, 0.5) is 0 Å². The van der Waals surface area contributed by atoms with Crippen LogP contribution in [0.5, 0.6) is 0 Å². The van der Waals surface area contributed by atoms with Crippen LogP contribution in [0.2, 0.25) is 0 Å². The molecule has 1 aromatic carbocycles. The Balaban J connectivity index is 1.33. The van der Waals surface area contributed by atoms with Crippen LogP contribution < -0.4 is 0 Å². The summed E-state index contributed by atoms with van der Waals surface area (Å²) in [5.41, 5.74) is 1.81. The molecule has 5 rings (SSSR count). The molecule has 0 radical (unpaired) electrons. The van der Waals surface area contributed by atoms with Gasteiger partial charge in [0.15, 0.2) is 8.29 Å². The van der Waals surface area contributed by atoms with Crippen LogP contribution in [-0.2, 0) is 4.79 Å². The largest absolute Gasteiger partial charge is 0.467 e. The van der Waals surface area contributed by atoms with Gasteiger partial charge in [-0.1, -0.05) is 47.4 Å². The predicted octanol–water partition coefficient (Wildman–Crippen LogP) is 5.79. The van der Waals surface area contributed by atoms with Gasteiger partial charge in [0, 0.05) is 6.42 Å². The van der Waals surface area contributed by atoms with Crippen molar-refractivity contribution < 1.29 is 9.21 Å². The number of hydrazone groups is 1. The number of rotatable bonds is 6. The van der Waals surface area contributed by atoms with Crippen molar-refractivity contribution in [3.05, 3.63) is 80.8 Å². The Morgan fingerprint density at radius 1 is 1.19 bits per heavy atom. The van der Waals surface area contributed by atoms with E-state index in [9.17, 15) is 4.79 Å². The molecule has 3 aromatic heterocycles. The van der Waals surface area contributed by atoms with Crippen LogP contribution in [0.1, 0.15) is 23.1 Å². The number of hydrogen-bond acceptors (Lipinski definition) is 8. The van der Waals surface area contributed by atoms with E-state index in [2.05, 4.69) is 10.2 Å². The molecule has 1 unspecified atom stereocenters. The number of amides is 1. The number of nitrogens with zero attached hydrogens (tertiary/aromatic N) is 4. The van der Waals surface area contributed by atoms with Gasteiger partial charge in [0.05, 0.1) is 28.3 Å². The lowest BCUT2D eigenvalue weighted by molar-refractivity contribution is -0.130. The molecular formula is C21H16N4O2S4. The van der Waals surface area contributed by atoms with Gasteiger partial charge in [-0.15, -0.1) is 16.4 Å². The fourth-order valence-corrected chi connectivity index (χ4v) is 6.21. The number of carbonyl (C=O) groups is 1. The zero-order chi connectivity index (χ0) is 21.2. The molecule has 0 bridgehead atoms. The molecule has 0 saturated carbocycles. The molecule has 10 heteroatoms. The quantitative estimate of drug-likeness (QED) is 0.256. The van der Waals surface area contributed by atoms with Crippen LogP contribution in [-0.4, -0.2) is 32.2 Å². The van der Waals surface area contributed by atoms with Crippen LogP contribution in [0.15, 0.2) is 80.1 Å². The molecule has 31 heavy (non-hydrogen) atoms. The van der Waals surface area contributed by atoms with Gasteiger partial charge in [0.25, 0.3) is 5.91 Å². The maximum atomic E-state index is 13.1. The molecule has 1 aliphatic heterocycles. The second kappa shape index (κ2) is 8.91. The number of furan rings is 1. The topological polar surface area (TPSA) is 63.6 Å². The SMILES string of the molecule is O=C(CSc1nn(-c2ccccc2)c(=S)s1)N1N=C(c2cccs2)CC1c1ccco1. The molecule has 0 spiro atoms. The zero-order valence-electron chi connectivity index (χ0n) is 16.1. The van der Waals surface area contributed by atoms with Gasteiger partial charge in [-0.3, -0.25) is 4.79 Å². The molecule has 0 fully saturated rings. The number of para-hydroxylation sites is 1. The summed E-state index contributed by atoms with van der Waals surface area (Å²) < 4.78 is 8.72. The van der Waals surface area contributed by atoms with Gasteiger partial charge in [0.2, 0.25) is 0 Å². The first-order valence-electron chi connectivity index (χ1n) is 9.44. The van der Waals surface area contributed by atoms with Gasteiger partial charge in [-0.05, 0) is 47.9 Å². The molecule has 0 saturated heterocycles. The Bertz CT molecular complexity index is 1260. The smallest absolute Gasteiger partial charge is 0.253 e. The molecule has 4 aromatic rings. The Hall–Kier alpha value is -2.53. The average molecular weight is 485 g/mol. The second-order valence-electron chi connectivity index (χ2n) is 6.67. The summed E-state index contributed by atoms with van der Waals surface area (Å²) in [5.74, 6) is 0.859. The lowest BCUT2D eigenvalue weighted by Crippen LogP contribution is -2.28. The van der Waals surface area contributed by atoms with Gasteiger partial charge < -0.3 is 4.42 Å². The third-order valence-electron chi connectivity index (χ3n) is 4.69. The average Bonchev–Trinajstić information content (AvgIpc) is 3.59. The monoisotopic (exact) mass is 484 g/mol. The summed E-state index contributed by atoms with van der Waals surface area (Å²) in [6.45, 7) is 0. The Morgan fingerprint density at radius 3 is 2.81 bits per heavy atom. The molecule has 1 aliphatic rings. The Kier molecular flexibility index (Phi) is 5.86. The second-order valence-corrected chi connectivity index (χ2v) is 10.5. The lowest BCUT2D eigenvalue weighted by Gasteiger charge is -2.19. The highest BCUT2D eigenvalue weighted by Crippen LogP contribution is 2.35. The van der Waals surface area contributed by atoms with Crippen LogP contribution in [0, 0.1) is 3.95 Å². The van der Waals surface area contributed by atoms with Crippen LogP contribution >= 0.6 is 46.7 Å². The molecule has 156 valence electrons. The highest BCUT2D eigenvalue weighted by molar-refractivity contribution is 8.01. The van der Waals surface area contributed by atoms with Gasteiger partial charge >= 0.3 is 0 Å². The van der Waals surface area contributed by atoms with Crippen molar-refractivity contribution >= 4 is 58.3 Å². The third-order valence-corrected chi connectivity index (χ3v) is 7.96. The third kappa shape index (κ3) is 4.29. The summed E-state index contributed by atoms with van der Waals surface area (Å²) in [7, 11) is 0. The van der Waals surface area contributed by atoms with E-state index in [1.54, 1.807) is 27.3 Å². The van der Waals surface area contributed by atoms with Crippen molar-refractivity contribution in [2.24, 2.45) is 5.10 Å². The first kappa shape index (κ1) is 20.4. The van der Waals surface area contributed by atoms with Crippen molar-refractivity contribution in [3.63, 3.8) is 0 Å². The summed E-state index contributed by atoms with van der Waals surface area (Å²) in [4.78, 5) is 14.2. The first-order valence-corrected chi connectivity index (χ1v) is 12.5. The number of thioether (sulfide) groups is 1. The van der Waals surface area contributed by atoms with Gasteiger partial charge in [-0.25, -0.2) is 9.69 Å². The van der Waals surface area contributed by atoms with Crippen molar-refractivity contribution in [2.45, 2.75) is 16.8 Å². The van der Waals surface area contributed by atoms with E-state index in [0.29, 0.717) is 10.4 Å². The van der Waals surface area contributed by atoms with Crippen molar-refractivity contribution in [3.8, 4) is 5.69 Å². The van der Waals surface area contributed by atoms with E-state index >= 15 is 0 Å². The van der Waals surface area contributed by atoms with Crippen molar-refractivity contribution in [1.29, 1.82) is 0 Å². The number of benzene rings is 1. The normalized spacial score (nSPS) is 15.9. The molecule has 1 amide bonds. The van der Waals surface area contributed by atoms with E-state index in [-0.39, 0.29) is 17.7 Å². The van der Waals surface area contributed by atoms with E-state index in [4.69, 9.17) is 16.6 Å². The Labute approximate surface area is 195 Å². The van der Waals surface area contributed by atoms with E-state index in [0.717, 1.165) is 26.4 Å². The lowest BCUT2D eigenvalue weighted by atomic mass is 10.1. The highest BCUT2D eigenvalue weighted by atomic mass is 32.2. The zero-order valence-corrected chi connectivity index (χ0v) is 19.3. The molecule has 4 heterocycles. The molecule has 1 atom stereocenters. The summed E-state index contributed by atoms with van der Waals surface area (Å²) in [6, 6.07) is 17.2. The van der Waals surface area contributed by atoms with Gasteiger partial charge in [0.1, 0.15) is 11.8 Å². The summed E-state index contributed by atoms with van der Waals surface area (Å²) in [6.07, 6.45) is 2.25. The Morgan fingerprint density at radius 2 is 2.06 bits per heavy atom. The summed E-state index contributed by atoms with van der Waals surface area (Å²) in [5, 5.41) is 12.8. The minimum absolute atomic E-state index is 0.0923. The van der Waals surface area contributed by atoms with Crippen molar-refractivity contribution in [2.75, 3.05) is 5.75 Å². The maximum absolute atomic E-state index is 13.1. The maximum Gasteiger partial charge on any atom is 0.253 e. The fraction of sp³-hybridized carbons (Fsp3) is 0.143. The first-order chi connectivity index (χ1) is 15.2. The minimum Gasteiger partial charge on any atom is -0.467 e. The number of aromatic nitrogens is 2. The number of carbonyl (C=O) groups excluding carboxylic acids is 1. The molecule has 0 N–H and O–H groups in total. The fourth-order valence-electron chi connectivity index (χ4n) is 3.28. The molecule has 6 nitrogen and oxygen atoms in total. The molecule has 0 aliphatic carbocycles. The van der Waals surface area contributed by atoms with E-state index in [1.165, 1.54) is 23.1 Å². The van der Waals surface area contributed by atoms with Crippen molar-refractivity contribution in [1.82, 2.24) is 14.8 Å². The highest BCUT2D eigenvalue weighted by Gasteiger charge is 2.35. The van der Waals surface area contributed by atoms with E-state index in [1.807, 2.05) is 60.0 Å². The van der Waals surface area contributed by atoms with Gasteiger partial charge in [-0.2, -0.15) is 5.10 Å².